The van der Waals surface area contributed by atoms with E-state index in [-0.39, 0.29) is 5.82 Å². The van der Waals surface area contributed by atoms with E-state index in [2.05, 4.69) is 15.9 Å². The number of benzene rings is 2. The molecule has 28 heavy (non-hydrogen) atoms. The fraction of sp³-hybridized carbons (Fsp3) is 0.478. The van der Waals surface area contributed by atoms with Crippen LogP contribution in [-0.4, -0.2) is 49.7 Å². The molecule has 0 radical (unpaired) electrons. The molecular weight excluding hydrogens is 355 g/mol. The highest BCUT2D eigenvalue weighted by molar-refractivity contribution is 5.46. The fourth-order valence-electron chi connectivity index (χ4n) is 4.74. The molecule has 0 spiro atoms. The third-order valence-electron chi connectivity index (χ3n) is 6.08. The molecule has 2 bridgehead atoms. The smallest absolute Gasteiger partial charge is 0.165 e. The summed E-state index contributed by atoms with van der Waals surface area (Å²) in [5.74, 6) is 2.14. The van der Waals surface area contributed by atoms with Gasteiger partial charge in [0.2, 0.25) is 0 Å². The maximum atomic E-state index is 13.2. The van der Waals surface area contributed by atoms with Gasteiger partial charge in [0.1, 0.15) is 5.82 Å². The largest absolute Gasteiger partial charge is 0.493 e. The summed E-state index contributed by atoms with van der Waals surface area (Å²) in [6.45, 7) is 5.06. The molecule has 0 aliphatic carbocycles. The summed E-state index contributed by atoms with van der Waals surface area (Å²) >= 11 is 0. The summed E-state index contributed by atoms with van der Waals surface area (Å²) in [6.07, 6.45) is 2.52. The molecule has 3 fully saturated rings. The van der Waals surface area contributed by atoms with E-state index < -0.39 is 0 Å². The van der Waals surface area contributed by atoms with Crippen molar-refractivity contribution in [2.24, 2.45) is 5.92 Å². The molecule has 0 aromatic heterocycles. The van der Waals surface area contributed by atoms with Crippen molar-refractivity contribution in [1.82, 2.24) is 9.80 Å². The summed E-state index contributed by atoms with van der Waals surface area (Å²) in [4.78, 5) is 5.15. The van der Waals surface area contributed by atoms with Gasteiger partial charge in [0.15, 0.2) is 11.5 Å². The molecule has 5 heteroatoms. The monoisotopic (exact) mass is 384 g/mol. The van der Waals surface area contributed by atoms with Crippen molar-refractivity contribution in [3.63, 3.8) is 0 Å². The van der Waals surface area contributed by atoms with Gasteiger partial charge in [-0.2, -0.15) is 0 Å². The van der Waals surface area contributed by atoms with Gasteiger partial charge in [-0.25, -0.2) is 4.39 Å². The Kier molecular flexibility index (Phi) is 5.83. The number of halogens is 1. The second-order valence-corrected chi connectivity index (χ2v) is 8.00. The molecule has 4 nitrogen and oxygen atoms in total. The van der Waals surface area contributed by atoms with Crippen LogP contribution in [-0.2, 0) is 13.1 Å². The zero-order chi connectivity index (χ0) is 19.5. The number of ether oxygens (including phenoxy) is 2. The van der Waals surface area contributed by atoms with Crippen LogP contribution < -0.4 is 9.47 Å². The van der Waals surface area contributed by atoms with Crippen LogP contribution in [0.3, 0.4) is 0 Å². The minimum atomic E-state index is -0.168. The number of nitrogens with zero attached hydrogens (tertiary/aromatic N) is 2. The van der Waals surface area contributed by atoms with E-state index in [1.807, 2.05) is 24.3 Å². The number of rotatable bonds is 6. The van der Waals surface area contributed by atoms with Gasteiger partial charge in [0.25, 0.3) is 0 Å². The lowest BCUT2D eigenvalue weighted by atomic mass is 9.94. The lowest BCUT2D eigenvalue weighted by Crippen LogP contribution is -2.43. The number of hydrogen-bond acceptors (Lipinski definition) is 4. The van der Waals surface area contributed by atoms with Crippen LogP contribution in [0.5, 0.6) is 11.5 Å². The molecule has 2 aromatic carbocycles. The van der Waals surface area contributed by atoms with Crippen molar-refractivity contribution in [2.75, 3.05) is 33.9 Å². The highest BCUT2D eigenvalue weighted by Gasteiger charge is 2.35. The predicted molar refractivity (Wildman–Crippen MR) is 108 cm³/mol. The Morgan fingerprint density at radius 1 is 0.929 bits per heavy atom. The van der Waals surface area contributed by atoms with Crippen LogP contribution in [0, 0.1) is 11.7 Å². The lowest BCUT2D eigenvalue weighted by molar-refractivity contribution is 0.122. The Hall–Kier alpha value is -2.11. The van der Waals surface area contributed by atoms with Gasteiger partial charge in [-0.05, 0) is 42.5 Å². The molecule has 5 rings (SSSR count). The van der Waals surface area contributed by atoms with Crippen LogP contribution in [0.15, 0.2) is 42.5 Å². The molecule has 0 unspecified atom stereocenters. The van der Waals surface area contributed by atoms with Gasteiger partial charge >= 0.3 is 0 Å². The van der Waals surface area contributed by atoms with E-state index in [1.165, 1.54) is 24.0 Å². The molecule has 0 saturated carbocycles. The Morgan fingerprint density at radius 2 is 1.75 bits per heavy atom. The van der Waals surface area contributed by atoms with E-state index in [4.69, 9.17) is 9.47 Å². The minimum Gasteiger partial charge on any atom is -0.493 e. The maximum Gasteiger partial charge on any atom is 0.165 e. The quantitative estimate of drug-likeness (QED) is 0.753. The Labute approximate surface area is 166 Å². The van der Waals surface area contributed by atoms with Crippen molar-refractivity contribution >= 4 is 0 Å². The zero-order valence-electron chi connectivity index (χ0n) is 16.7. The molecule has 0 amide bonds. The molecular formula is C23H29FN2O2. The molecule has 2 aromatic rings. The minimum absolute atomic E-state index is 0.168. The van der Waals surface area contributed by atoms with Crippen molar-refractivity contribution in [3.8, 4) is 11.5 Å². The Morgan fingerprint density at radius 3 is 2.50 bits per heavy atom. The standard InChI is InChI=1S/C23H29FN2O2/c1-27-22-5-3-4-19(23(22)28-2)15-26-14-18-8-11-21(26)16-25(13-18)12-17-6-9-20(24)10-7-17/h3-7,9-10,18,21H,8,11-16H2,1-2H3/t18-,21+/m0/s1. The average Bonchev–Trinajstić information content (AvgIpc) is 3.00. The molecule has 3 aliphatic heterocycles. The van der Waals surface area contributed by atoms with Crippen molar-refractivity contribution in [2.45, 2.75) is 32.0 Å². The second-order valence-electron chi connectivity index (χ2n) is 8.00. The molecule has 3 aliphatic rings. The van der Waals surface area contributed by atoms with Crippen molar-refractivity contribution in [1.29, 1.82) is 0 Å². The summed E-state index contributed by atoms with van der Waals surface area (Å²) < 4.78 is 24.3. The number of methoxy groups -OCH3 is 2. The van der Waals surface area contributed by atoms with Crippen LogP contribution in [0.1, 0.15) is 24.0 Å². The summed E-state index contributed by atoms with van der Waals surface area (Å²) in [5, 5.41) is 0. The number of piperidine rings is 1. The van der Waals surface area contributed by atoms with E-state index in [9.17, 15) is 4.39 Å². The first-order valence-electron chi connectivity index (χ1n) is 10.1. The van der Waals surface area contributed by atoms with E-state index >= 15 is 0 Å². The average molecular weight is 384 g/mol. The molecule has 3 saturated heterocycles. The lowest BCUT2D eigenvalue weighted by Gasteiger charge is -2.36. The normalized spacial score (nSPS) is 22.8. The highest BCUT2D eigenvalue weighted by Crippen LogP contribution is 2.35. The first-order valence-corrected chi connectivity index (χ1v) is 10.1. The zero-order valence-corrected chi connectivity index (χ0v) is 16.7. The number of hydrogen-bond donors (Lipinski definition) is 0. The fourth-order valence-corrected chi connectivity index (χ4v) is 4.74. The van der Waals surface area contributed by atoms with Gasteiger partial charge in [-0.3, -0.25) is 9.80 Å². The van der Waals surface area contributed by atoms with Crippen LogP contribution >= 0.6 is 0 Å². The first kappa shape index (κ1) is 19.2. The maximum absolute atomic E-state index is 13.2. The summed E-state index contributed by atoms with van der Waals surface area (Å²) in [6, 6.07) is 13.6. The predicted octanol–water partition coefficient (Wildman–Crippen LogP) is 3.94. The third-order valence-corrected chi connectivity index (χ3v) is 6.08. The van der Waals surface area contributed by atoms with Gasteiger partial charge in [-0.1, -0.05) is 24.3 Å². The Bertz CT molecular complexity index is 796. The number of fused-ring (bicyclic) bond motifs is 4. The van der Waals surface area contributed by atoms with Gasteiger partial charge in [0, 0.05) is 44.3 Å². The third kappa shape index (κ3) is 4.15. The van der Waals surface area contributed by atoms with Crippen molar-refractivity contribution in [3.05, 3.63) is 59.4 Å². The molecule has 3 heterocycles. The van der Waals surface area contributed by atoms with Crippen molar-refractivity contribution < 1.29 is 13.9 Å². The molecule has 0 N–H and O–H groups in total. The molecule has 2 atom stereocenters. The van der Waals surface area contributed by atoms with Crippen LogP contribution in [0.25, 0.3) is 0 Å². The highest BCUT2D eigenvalue weighted by atomic mass is 19.1. The molecule has 150 valence electrons. The SMILES string of the molecule is COc1cccc(CN2C[C@H]3CC[C@@H]2CN(Cc2ccc(F)cc2)C3)c1OC. The van der Waals surface area contributed by atoms with Crippen LogP contribution in [0.2, 0.25) is 0 Å². The summed E-state index contributed by atoms with van der Waals surface area (Å²) in [7, 11) is 3.39. The van der Waals surface area contributed by atoms with Gasteiger partial charge < -0.3 is 9.47 Å². The van der Waals surface area contributed by atoms with Gasteiger partial charge in [0.05, 0.1) is 14.2 Å². The topological polar surface area (TPSA) is 24.9 Å². The van der Waals surface area contributed by atoms with E-state index in [0.717, 1.165) is 44.2 Å². The number of para-hydroxylation sites is 1. The second kappa shape index (κ2) is 8.50. The Balaban J connectivity index is 1.47. The van der Waals surface area contributed by atoms with E-state index in [0.29, 0.717) is 12.0 Å². The van der Waals surface area contributed by atoms with Crippen LogP contribution in [0.4, 0.5) is 4.39 Å². The van der Waals surface area contributed by atoms with E-state index in [1.54, 1.807) is 26.4 Å². The first-order chi connectivity index (χ1) is 13.7. The summed E-state index contributed by atoms with van der Waals surface area (Å²) in [5.41, 5.74) is 2.36. The van der Waals surface area contributed by atoms with Gasteiger partial charge in [-0.15, -0.1) is 0 Å².